The number of benzene rings is 2. The Balaban J connectivity index is 1.64. The summed E-state index contributed by atoms with van der Waals surface area (Å²) < 4.78 is 5.74. The Morgan fingerprint density at radius 3 is 2.79 bits per heavy atom. The lowest BCUT2D eigenvalue weighted by molar-refractivity contribution is -0.140. The van der Waals surface area contributed by atoms with Crippen molar-refractivity contribution >= 4 is 29.1 Å². The molecule has 2 aromatic carbocycles. The maximum atomic E-state index is 13.2. The van der Waals surface area contributed by atoms with Crippen LogP contribution < -0.4 is 4.74 Å². The molecule has 1 N–H and O–H groups in total. The zero-order valence-corrected chi connectivity index (χ0v) is 18.6. The van der Waals surface area contributed by atoms with Crippen LogP contribution >= 0.6 is 11.6 Å². The van der Waals surface area contributed by atoms with E-state index in [-0.39, 0.29) is 24.0 Å². The third-order valence-electron chi connectivity index (χ3n) is 5.95. The fraction of sp³-hybridized carbons (Fsp3) is 0.192. The minimum absolute atomic E-state index is 0.0399. The van der Waals surface area contributed by atoms with Gasteiger partial charge in [0.15, 0.2) is 0 Å². The van der Waals surface area contributed by atoms with Crippen LogP contribution in [0, 0.1) is 0 Å². The van der Waals surface area contributed by atoms with Crippen molar-refractivity contribution in [3.05, 3.63) is 99.8 Å². The minimum Gasteiger partial charge on any atom is -0.507 e. The number of nitrogens with zero attached hydrogens (tertiary/aromatic N) is 2. The van der Waals surface area contributed by atoms with Crippen LogP contribution in [0.3, 0.4) is 0 Å². The van der Waals surface area contributed by atoms with Gasteiger partial charge < -0.3 is 14.7 Å². The van der Waals surface area contributed by atoms with Crippen molar-refractivity contribution in [2.24, 2.45) is 0 Å². The van der Waals surface area contributed by atoms with Gasteiger partial charge in [-0.05, 0) is 60.0 Å². The smallest absolute Gasteiger partial charge is 0.295 e. The fourth-order valence-electron chi connectivity index (χ4n) is 4.48. The maximum absolute atomic E-state index is 13.2. The number of ketones is 1. The number of aliphatic hydroxyl groups is 1. The van der Waals surface area contributed by atoms with Crippen LogP contribution in [0.2, 0.25) is 5.02 Å². The van der Waals surface area contributed by atoms with E-state index in [1.54, 1.807) is 54.9 Å². The molecule has 1 fully saturated rings. The second-order valence-corrected chi connectivity index (χ2v) is 8.73. The molecule has 0 spiro atoms. The van der Waals surface area contributed by atoms with Gasteiger partial charge in [0, 0.05) is 35.9 Å². The lowest BCUT2D eigenvalue weighted by atomic mass is 9.94. The highest BCUT2D eigenvalue weighted by molar-refractivity contribution is 6.46. The minimum atomic E-state index is -0.785. The van der Waals surface area contributed by atoms with E-state index in [0.29, 0.717) is 22.6 Å². The van der Waals surface area contributed by atoms with Gasteiger partial charge in [0.2, 0.25) is 0 Å². The predicted octanol–water partition coefficient (Wildman–Crippen LogP) is 4.68. The summed E-state index contributed by atoms with van der Waals surface area (Å²) in [5, 5.41) is 11.8. The number of aromatic nitrogens is 1. The zero-order valence-electron chi connectivity index (χ0n) is 17.9. The van der Waals surface area contributed by atoms with Crippen molar-refractivity contribution < 1.29 is 19.4 Å². The maximum Gasteiger partial charge on any atom is 0.295 e. The average Bonchev–Trinajstić information content (AvgIpc) is 3.30. The highest BCUT2D eigenvalue weighted by Gasteiger charge is 2.46. The average molecular weight is 461 g/mol. The van der Waals surface area contributed by atoms with E-state index in [4.69, 9.17) is 16.3 Å². The monoisotopic (exact) mass is 460 g/mol. The Morgan fingerprint density at radius 2 is 2.03 bits per heavy atom. The molecule has 1 saturated heterocycles. The first-order chi connectivity index (χ1) is 15.9. The van der Waals surface area contributed by atoms with Crippen LogP contribution in [0.1, 0.15) is 35.2 Å². The number of halogens is 1. The Bertz CT molecular complexity index is 1290. The standard InChI is InChI=1S/C26H21ClN2O4/c1-15-10-19-11-18(7-8-21(19)33-15)24(30)22-23(17-5-2-6-20(27)12-17)29(26(32)25(22)31)14-16-4-3-9-28-13-16/h2-9,11-13,15,23,30H,10,14H2,1H3/t15-,23-/m0/s1. The summed E-state index contributed by atoms with van der Waals surface area (Å²) in [6.07, 6.45) is 4.05. The van der Waals surface area contributed by atoms with Crippen LogP contribution in [0.15, 0.2) is 72.6 Å². The van der Waals surface area contributed by atoms with Gasteiger partial charge in [-0.15, -0.1) is 0 Å². The molecule has 166 valence electrons. The molecule has 2 aliphatic rings. The Labute approximate surface area is 196 Å². The van der Waals surface area contributed by atoms with Crippen LogP contribution in [-0.2, 0) is 22.6 Å². The number of rotatable bonds is 4. The number of carbonyl (C=O) groups is 2. The molecule has 1 aromatic heterocycles. The van der Waals surface area contributed by atoms with Crippen molar-refractivity contribution in [2.45, 2.75) is 32.0 Å². The van der Waals surface area contributed by atoms with Crippen LogP contribution in [0.4, 0.5) is 0 Å². The number of hydrogen-bond acceptors (Lipinski definition) is 5. The van der Waals surface area contributed by atoms with Crippen LogP contribution in [0.5, 0.6) is 5.75 Å². The van der Waals surface area contributed by atoms with Gasteiger partial charge in [0.1, 0.15) is 17.6 Å². The summed E-state index contributed by atoms with van der Waals surface area (Å²) in [4.78, 5) is 31.9. The summed E-state index contributed by atoms with van der Waals surface area (Å²) in [5.74, 6) is -0.855. The third kappa shape index (κ3) is 3.87. The molecule has 0 radical (unpaired) electrons. The fourth-order valence-corrected chi connectivity index (χ4v) is 4.68. The molecule has 1 amide bonds. The van der Waals surface area contributed by atoms with Gasteiger partial charge in [-0.25, -0.2) is 0 Å². The van der Waals surface area contributed by atoms with E-state index in [9.17, 15) is 14.7 Å². The van der Waals surface area contributed by atoms with Gasteiger partial charge >= 0.3 is 0 Å². The van der Waals surface area contributed by atoms with Crippen molar-refractivity contribution in [3.63, 3.8) is 0 Å². The van der Waals surface area contributed by atoms with Crippen LogP contribution in [-0.4, -0.2) is 32.8 Å². The van der Waals surface area contributed by atoms with Gasteiger partial charge in [-0.3, -0.25) is 14.6 Å². The first-order valence-corrected chi connectivity index (χ1v) is 11.0. The highest BCUT2D eigenvalue weighted by atomic mass is 35.5. The number of likely N-dealkylation sites (tertiary alicyclic amines) is 1. The van der Waals surface area contributed by atoms with Crippen molar-refractivity contribution in [1.29, 1.82) is 0 Å². The topological polar surface area (TPSA) is 79.7 Å². The summed E-state index contributed by atoms with van der Waals surface area (Å²) in [7, 11) is 0. The molecule has 0 unspecified atom stereocenters. The quantitative estimate of drug-likeness (QED) is 0.347. The number of fused-ring (bicyclic) bond motifs is 1. The SMILES string of the molecule is C[C@H]1Cc2cc(C(O)=C3C(=O)C(=O)N(Cc4cccnc4)[C@H]3c3cccc(Cl)c3)ccc2O1. The second-order valence-electron chi connectivity index (χ2n) is 8.30. The molecular formula is C26H21ClN2O4. The number of aliphatic hydroxyl groups excluding tert-OH is 1. The first kappa shape index (κ1) is 21.2. The molecule has 0 aliphatic carbocycles. The number of hydrogen-bond donors (Lipinski definition) is 1. The number of Topliss-reactive ketones (excluding diaryl/α,β-unsaturated/α-hetero) is 1. The number of ether oxygens (including phenoxy) is 1. The van der Waals surface area contributed by atoms with Gasteiger partial charge in [-0.1, -0.05) is 29.8 Å². The summed E-state index contributed by atoms with van der Waals surface area (Å²) in [5.41, 5.74) is 2.88. The first-order valence-electron chi connectivity index (χ1n) is 10.6. The van der Waals surface area contributed by atoms with Crippen LogP contribution in [0.25, 0.3) is 5.76 Å². The molecule has 5 rings (SSSR count). The van der Waals surface area contributed by atoms with Crippen molar-refractivity contribution in [2.75, 3.05) is 0 Å². The highest BCUT2D eigenvalue weighted by Crippen LogP contribution is 2.41. The van der Waals surface area contributed by atoms with Gasteiger partial charge in [0.25, 0.3) is 11.7 Å². The van der Waals surface area contributed by atoms with E-state index in [1.165, 1.54) is 4.90 Å². The number of pyridine rings is 1. The molecule has 0 bridgehead atoms. The van der Waals surface area contributed by atoms with E-state index in [1.807, 2.05) is 19.1 Å². The Hall–Kier alpha value is -3.64. The molecule has 7 heteroatoms. The van der Waals surface area contributed by atoms with Crippen molar-refractivity contribution in [3.8, 4) is 5.75 Å². The Kier molecular flexibility index (Phi) is 5.38. The largest absolute Gasteiger partial charge is 0.507 e. The van der Waals surface area contributed by atoms with Gasteiger partial charge in [0.05, 0.1) is 11.6 Å². The molecule has 3 heterocycles. The normalized spacial score (nSPS) is 21.2. The number of amides is 1. The second kappa shape index (κ2) is 8.37. The molecule has 3 aromatic rings. The molecule has 6 nitrogen and oxygen atoms in total. The van der Waals surface area contributed by atoms with E-state index in [0.717, 1.165) is 16.9 Å². The predicted molar refractivity (Wildman–Crippen MR) is 124 cm³/mol. The van der Waals surface area contributed by atoms with E-state index >= 15 is 0 Å². The zero-order chi connectivity index (χ0) is 23.1. The number of carbonyl (C=O) groups excluding carboxylic acids is 2. The lowest BCUT2D eigenvalue weighted by Gasteiger charge is -2.25. The van der Waals surface area contributed by atoms with E-state index in [2.05, 4.69) is 4.98 Å². The molecule has 2 atom stereocenters. The summed E-state index contributed by atoms with van der Waals surface area (Å²) in [6.45, 7) is 2.14. The van der Waals surface area contributed by atoms with E-state index < -0.39 is 17.7 Å². The molecule has 33 heavy (non-hydrogen) atoms. The lowest BCUT2D eigenvalue weighted by Crippen LogP contribution is -2.29. The molecule has 2 aliphatic heterocycles. The van der Waals surface area contributed by atoms with Gasteiger partial charge in [-0.2, -0.15) is 0 Å². The summed E-state index contributed by atoms with van der Waals surface area (Å²) in [6, 6.07) is 15.1. The summed E-state index contributed by atoms with van der Waals surface area (Å²) >= 11 is 6.24. The third-order valence-corrected chi connectivity index (χ3v) is 6.18. The Morgan fingerprint density at radius 1 is 1.18 bits per heavy atom. The molecular weight excluding hydrogens is 440 g/mol. The van der Waals surface area contributed by atoms with Crippen molar-refractivity contribution in [1.82, 2.24) is 9.88 Å². The molecule has 0 saturated carbocycles.